The molecule has 24 heavy (non-hydrogen) atoms. The van der Waals surface area contributed by atoms with Crippen molar-refractivity contribution in [2.45, 2.75) is 6.92 Å². The van der Waals surface area contributed by atoms with Gasteiger partial charge in [0.1, 0.15) is 0 Å². The van der Waals surface area contributed by atoms with Crippen molar-refractivity contribution in [3.05, 3.63) is 35.4 Å². The van der Waals surface area contributed by atoms with Crippen LogP contribution in [0.25, 0.3) is 0 Å². The van der Waals surface area contributed by atoms with E-state index in [2.05, 4.69) is 4.90 Å². The van der Waals surface area contributed by atoms with Gasteiger partial charge in [0, 0.05) is 44.8 Å². The summed E-state index contributed by atoms with van der Waals surface area (Å²) in [5, 5.41) is 0. The maximum absolute atomic E-state index is 12.5. The monoisotopic (exact) mass is 331 g/mol. The zero-order valence-electron chi connectivity index (χ0n) is 14.2. The first-order chi connectivity index (χ1) is 11.6. The van der Waals surface area contributed by atoms with Crippen LogP contribution in [-0.2, 0) is 9.53 Å². The van der Waals surface area contributed by atoms with Crippen molar-refractivity contribution < 1.29 is 14.3 Å². The van der Waals surface area contributed by atoms with Gasteiger partial charge < -0.3 is 14.5 Å². The maximum atomic E-state index is 12.5. The van der Waals surface area contributed by atoms with E-state index in [1.807, 2.05) is 41.0 Å². The highest BCUT2D eigenvalue weighted by Crippen LogP contribution is 2.11. The second-order valence-corrected chi connectivity index (χ2v) is 6.43. The average Bonchev–Trinajstić information content (AvgIpc) is 2.62. The molecular formula is C18H25N3O3. The molecule has 0 aliphatic carbocycles. The molecule has 6 heteroatoms. The van der Waals surface area contributed by atoms with Crippen molar-refractivity contribution in [1.29, 1.82) is 0 Å². The quantitative estimate of drug-likeness (QED) is 0.814. The predicted molar refractivity (Wildman–Crippen MR) is 90.9 cm³/mol. The van der Waals surface area contributed by atoms with Crippen LogP contribution in [0.4, 0.5) is 0 Å². The second-order valence-electron chi connectivity index (χ2n) is 6.43. The Labute approximate surface area is 143 Å². The molecule has 1 aromatic rings. The zero-order valence-corrected chi connectivity index (χ0v) is 14.2. The van der Waals surface area contributed by atoms with E-state index >= 15 is 0 Å². The third-order valence-electron chi connectivity index (χ3n) is 4.65. The third-order valence-corrected chi connectivity index (χ3v) is 4.65. The minimum Gasteiger partial charge on any atom is -0.379 e. The summed E-state index contributed by atoms with van der Waals surface area (Å²) in [7, 11) is 0. The van der Waals surface area contributed by atoms with Gasteiger partial charge in [0.15, 0.2) is 0 Å². The summed E-state index contributed by atoms with van der Waals surface area (Å²) in [5.41, 5.74) is 1.81. The first-order valence-corrected chi connectivity index (χ1v) is 8.57. The maximum Gasteiger partial charge on any atom is 0.253 e. The molecular weight excluding hydrogens is 306 g/mol. The molecule has 2 fully saturated rings. The van der Waals surface area contributed by atoms with Crippen LogP contribution >= 0.6 is 0 Å². The Kier molecular flexibility index (Phi) is 5.48. The number of amides is 2. The molecule has 0 atom stereocenters. The Morgan fingerprint density at radius 3 is 2.33 bits per heavy atom. The van der Waals surface area contributed by atoms with E-state index in [1.54, 1.807) is 0 Å². The topological polar surface area (TPSA) is 53.1 Å². The van der Waals surface area contributed by atoms with E-state index in [0.717, 1.165) is 24.2 Å². The van der Waals surface area contributed by atoms with Crippen LogP contribution in [0.5, 0.6) is 0 Å². The average molecular weight is 331 g/mol. The number of nitrogens with zero attached hydrogens (tertiary/aromatic N) is 3. The molecule has 0 spiro atoms. The smallest absolute Gasteiger partial charge is 0.253 e. The second kappa shape index (κ2) is 7.77. The SMILES string of the molecule is Cc1cccc(C(=O)N2CCN(C(=O)CN3CCOCC3)CC2)c1. The molecule has 0 N–H and O–H groups in total. The molecule has 0 aromatic heterocycles. The van der Waals surface area contributed by atoms with Crippen LogP contribution in [0, 0.1) is 6.92 Å². The van der Waals surface area contributed by atoms with Gasteiger partial charge in [0.25, 0.3) is 5.91 Å². The molecule has 3 rings (SSSR count). The lowest BCUT2D eigenvalue weighted by Gasteiger charge is -2.36. The number of piperazine rings is 1. The lowest BCUT2D eigenvalue weighted by atomic mass is 10.1. The molecule has 2 saturated heterocycles. The Bertz CT molecular complexity index is 591. The molecule has 6 nitrogen and oxygen atoms in total. The number of aryl methyl sites for hydroxylation is 1. The van der Waals surface area contributed by atoms with Crippen molar-refractivity contribution in [2.24, 2.45) is 0 Å². The van der Waals surface area contributed by atoms with Crippen molar-refractivity contribution in [1.82, 2.24) is 14.7 Å². The summed E-state index contributed by atoms with van der Waals surface area (Å²) in [6.07, 6.45) is 0. The summed E-state index contributed by atoms with van der Waals surface area (Å²) in [6.45, 7) is 7.89. The highest BCUT2D eigenvalue weighted by Gasteiger charge is 2.26. The van der Waals surface area contributed by atoms with E-state index in [1.165, 1.54) is 0 Å². The number of carbonyl (C=O) groups excluding carboxylic acids is 2. The van der Waals surface area contributed by atoms with Crippen molar-refractivity contribution in [3.63, 3.8) is 0 Å². The Hall–Kier alpha value is -1.92. The molecule has 0 bridgehead atoms. The fourth-order valence-electron chi connectivity index (χ4n) is 3.17. The van der Waals surface area contributed by atoms with Crippen LogP contribution in [0.2, 0.25) is 0 Å². The van der Waals surface area contributed by atoms with E-state index < -0.39 is 0 Å². The van der Waals surface area contributed by atoms with Gasteiger partial charge >= 0.3 is 0 Å². The van der Waals surface area contributed by atoms with Gasteiger partial charge in [0.2, 0.25) is 5.91 Å². The standard InChI is InChI=1S/C18H25N3O3/c1-15-3-2-4-16(13-15)18(23)21-7-5-20(6-8-21)17(22)14-19-9-11-24-12-10-19/h2-4,13H,5-12,14H2,1H3. The largest absolute Gasteiger partial charge is 0.379 e. The van der Waals surface area contributed by atoms with Gasteiger partial charge in [-0.05, 0) is 19.1 Å². The number of morpholine rings is 1. The van der Waals surface area contributed by atoms with Crippen LogP contribution in [0.1, 0.15) is 15.9 Å². The molecule has 2 amide bonds. The summed E-state index contributed by atoms with van der Waals surface area (Å²) in [6, 6.07) is 7.66. The van der Waals surface area contributed by atoms with Crippen LogP contribution < -0.4 is 0 Å². The molecule has 0 saturated carbocycles. The van der Waals surface area contributed by atoms with E-state index in [0.29, 0.717) is 45.9 Å². The minimum absolute atomic E-state index is 0.0546. The fraction of sp³-hybridized carbons (Fsp3) is 0.556. The Morgan fingerprint density at radius 1 is 1.00 bits per heavy atom. The normalized spacial score (nSPS) is 19.4. The lowest BCUT2D eigenvalue weighted by Crippen LogP contribution is -2.53. The number of ether oxygens (including phenoxy) is 1. The van der Waals surface area contributed by atoms with E-state index in [-0.39, 0.29) is 11.8 Å². The molecule has 1 aromatic carbocycles. The Morgan fingerprint density at radius 2 is 1.67 bits per heavy atom. The molecule has 130 valence electrons. The number of benzene rings is 1. The summed E-state index contributed by atoms with van der Waals surface area (Å²) in [4.78, 5) is 30.8. The first-order valence-electron chi connectivity index (χ1n) is 8.57. The van der Waals surface area contributed by atoms with Gasteiger partial charge in [-0.25, -0.2) is 0 Å². The van der Waals surface area contributed by atoms with Crippen molar-refractivity contribution in [2.75, 3.05) is 59.0 Å². The molecule has 2 aliphatic heterocycles. The van der Waals surface area contributed by atoms with Gasteiger partial charge in [-0.1, -0.05) is 17.7 Å². The lowest BCUT2D eigenvalue weighted by molar-refractivity contribution is -0.134. The van der Waals surface area contributed by atoms with Gasteiger partial charge in [0.05, 0.1) is 19.8 Å². The van der Waals surface area contributed by atoms with E-state index in [9.17, 15) is 9.59 Å². The molecule has 0 unspecified atom stereocenters. The summed E-state index contributed by atoms with van der Waals surface area (Å²) >= 11 is 0. The highest BCUT2D eigenvalue weighted by molar-refractivity contribution is 5.94. The molecule has 2 heterocycles. The highest BCUT2D eigenvalue weighted by atomic mass is 16.5. The summed E-state index contributed by atoms with van der Waals surface area (Å²) in [5.74, 6) is 0.207. The predicted octanol–water partition coefficient (Wildman–Crippen LogP) is 0.612. The third kappa shape index (κ3) is 4.13. The van der Waals surface area contributed by atoms with Crippen LogP contribution in [0.3, 0.4) is 0 Å². The van der Waals surface area contributed by atoms with Crippen molar-refractivity contribution in [3.8, 4) is 0 Å². The van der Waals surface area contributed by atoms with Gasteiger partial charge in [-0.15, -0.1) is 0 Å². The van der Waals surface area contributed by atoms with Gasteiger partial charge in [-0.3, -0.25) is 14.5 Å². The number of carbonyl (C=O) groups is 2. The Balaban J connectivity index is 1.50. The minimum atomic E-state index is 0.0546. The first kappa shape index (κ1) is 16.9. The molecule has 0 radical (unpaired) electrons. The number of hydrogen-bond acceptors (Lipinski definition) is 4. The molecule has 2 aliphatic rings. The van der Waals surface area contributed by atoms with E-state index in [4.69, 9.17) is 4.74 Å². The van der Waals surface area contributed by atoms with Gasteiger partial charge in [-0.2, -0.15) is 0 Å². The van der Waals surface area contributed by atoms with Crippen LogP contribution in [-0.4, -0.2) is 85.5 Å². The van der Waals surface area contributed by atoms with Crippen molar-refractivity contribution >= 4 is 11.8 Å². The number of rotatable bonds is 3. The number of hydrogen-bond donors (Lipinski definition) is 0. The summed E-state index contributed by atoms with van der Waals surface area (Å²) < 4.78 is 5.31. The van der Waals surface area contributed by atoms with Crippen LogP contribution in [0.15, 0.2) is 24.3 Å². The fourth-order valence-corrected chi connectivity index (χ4v) is 3.17. The zero-order chi connectivity index (χ0) is 16.9.